The van der Waals surface area contributed by atoms with Gasteiger partial charge in [-0.05, 0) is 102 Å². The van der Waals surface area contributed by atoms with Gasteiger partial charge in [-0.2, -0.15) is 0 Å². The van der Waals surface area contributed by atoms with Crippen molar-refractivity contribution >= 4 is 49.4 Å². The van der Waals surface area contributed by atoms with E-state index in [4.69, 9.17) is 0 Å². The van der Waals surface area contributed by atoms with Gasteiger partial charge in [0.05, 0.1) is 11.1 Å². The summed E-state index contributed by atoms with van der Waals surface area (Å²) in [5.41, 5.74) is 12.7. The van der Waals surface area contributed by atoms with E-state index < -0.39 is 5.41 Å². The summed E-state index contributed by atoms with van der Waals surface area (Å²) in [6.07, 6.45) is 0. The molecule has 292 valence electrons. The summed E-state index contributed by atoms with van der Waals surface area (Å²) >= 11 is 0. The lowest BCUT2D eigenvalue weighted by atomic mass is 9.65. The molecule has 0 fully saturated rings. The number of anilines is 3. The Morgan fingerprint density at radius 1 is 0.242 bits per heavy atom. The van der Waals surface area contributed by atoms with E-state index in [0.717, 1.165) is 17.1 Å². The third-order valence-corrected chi connectivity index (χ3v) is 12.6. The number of fused-ring (bicyclic) bond motifs is 3. The minimum atomic E-state index is -0.508. The van der Waals surface area contributed by atoms with Crippen LogP contribution in [0.4, 0.5) is 17.1 Å². The summed E-state index contributed by atoms with van der Waals surface area (Å²) < 4.78 is 0. The van der Waals surface area contributed by atoms with Crippen molar-refractivity contribution in [2.75, 3.05) is 4.90 Å². The molecule has 0 aliphatic heterocycles. The Morgan fingerprint density at radius 2 is 0.581 bits per heavy atom. The molecule has 0 aromatic heterocycles. The maximum atomic E-state index is 2.37. The van der Waals surface area contributed by atoms with E-state index in [1.165, 1.54) is 76.8 Å². The summed E-state index contributed by atoms with van der Waals surface area (Å²) in [6.45, 7) is 0. The fourth-order valence-electron chi connectivity index (χ4n) is 9.89. The zero-order valence-corrected chi connectivity index (χ0v) is 34.3. The highest BCUT2D eigenvalue weighted by Gasteiger charge is 2.38. The largest absolute Gasteiger partial charge is 0.310 e. The zero-order chi connectivity index (χ0) is 41.3. The minimum absolute atomic E-state index is 0.508. The fraction of sp³-hybridized carbons (Fsp3) is 0.0164. The van der Waals surface area contributed by atoms with Crippen LogP contribution in [0.25, 0.3) is 54.6 Å². The molecular weight excluding hydrogens is 747 g/mol. The van der Waals surface area contributed by atoms with Crippen LogP contribution in [-0.2, 0) is 5.41 Å². The predicted octanol–water partition coefficient (Wildman–Crippen LogP) is 16.3. The predicted molar refractivity (Wildman–Crippen MR) is 263 cm³/mol. The summed E-state index contributed by atoms with van der Waals surface area (Å²) in [5, 5.41) is 7.38. The average Bonchev–Trinajstić information content (AvgIpc) is 3.35. The van der Waals surface area contributed by atoms with Gasteiger partial charge in [-0.1, -0.05) is 231 Å². The highest BCUT2D eigenvalue weighted by Crippen LogP contribution is 2.48. The van der Waals surface area contributed by atoms with E-state index in [2.05, 4.69) is 266 Å². The first-order valence-corrected chi connectivity index (χ1v) is 21.4. The monoisotopic (exact) mass is 789 g/mol. The van der Waals surface area contributed by atoms with Gasteiger partial charge in [-0.25, -0.2) is 0 Å². The standard InChI is InChI=1S/C61H43N/c1-5-22-47(23-6-1)61(48-24-7-2-8-25-48,49-26-9-3-10-27-49)50-40-36-45(37-41-50)59-54-31-15-17-33-56(54)60(57-34-18-16-32-55(57)59)46-38-42-52(43-39-46)62(51-28-11-4-12-29-51)58-35-19-21-44-20-13-14-30-53(44)58/h1-43H. The van der Waals surface area contributed by atoms with Crippen LogP contribution in [0.5, 0.6) is 0 Å². The van der Waals surface area contributed by atoms with E-state index in [1.807, 2.05) is 0 Å². The first kappa shape index (κ1) is 37.0. The smallest absolute Gasteiger partial charge is 0.0701 e. The van der Waals surface area contributed by atoms with Gasteiger partial charge >= 0.3 is 0 Å². The average molecular weight is 790 g/mol. The van der Waals surface area contributed by atoms with Crippen LogP contribution in [0.1, 0.15) is 22.3 Å². The lowest BCUT2D eigenvalue weighted by Crippen LogP contribution is -2.30. The van der Waals surface area contributed by atoms with Crippen molar-refractivity contribution in [2.45, 2.75) is 5.41 Å². The Bertz CT molecular complexity index is 3140. The van der Waals surface area contributed by atoms with E-state index >= 15 is 0 Å². The maximum Gasteiger partial charge on any atom is 0.0701 e. The SMILES string of the molecule is c1ccc(N(c2ccc(-c3c4ccccc4c(-c4ccc(C(c5ccccc5)(c5ccccc5)c5ccccc5)cc4)c4ccccc34)cc2)c2cccc3ccccc23)cc1. The molecule has 0 aliphatic rings. The topological polar surface area (TPSA) is 3.24 Å². The molecule has 11 rings (SSSR count). The molecule has 1 nitrogen and oxygen atoms in total. The molecule has 0 heterocycles. The molecule has 0 unspecified atom stereocenters. The van der Waals surface area contributed by atoms with Gasteiger partial charge in [0.15, 0.2) is 0 Å². The van der Waals surface area contributed by atoms with Crippen LogP contribution in [0, 0.1) is 0 Å². The molecule has 0 bridgehead atoms. The molecule has 0 amide bonds. The van der Waals surface area contributed by atoms with Crippen molar-refractivity contribution in [3.05, 3.63) is 283 Å². The summed E-state index contributed by atoms with van der Waals surface area (Å²) in [7, 11) is 0. The van der Waals surface area contributed by atoms with Crippen molar-refractivity contribution in [1.29, 1.82) is 0 Å². The fourth-order valence-corrected chi connectivity index (χ4v) is 9.89. The first-order valence-electron chi connectivity index (χ1n) is 21.4. The quantitative estimate of drug-likeness (QED) is 0.104. The number of nitrogens with zero attached hydrogens (tertiary/aromatic N) is 1. The van der Waals surface area contributed by atoms with Gasteiger partial charge in [0.2, 0.25) is 0 Å². The lowest BCUT2D eigenvalue weighted by Gasteiger charge is -2.37. The van der Waals surface area contributed by atoms with Crippen LogP contribution in [0.15, 0.2) is 261 Å². The van der Waals surface area contributed by atoms with Crippen molar-refractivity contribution in [1.82, 2.24) is 0 Å². The normalized spacial score (nSPS) is 11.5. The molecule has 11 aromatic carbocycles. The second-order valence-electron chi connectivity index (χ2n) is 16.0. The van der Waals surface area contributed by atoms with Gasteiger partial charge < -0.3 is 4.90 Å². The number of para-hydroxylation sites is 1. The number of rotatable bonds is 9. The summed E-state index contributed by atoms with van der Waals surface area (Å²) in [4.78, 5) is 2.37. The maximum absolute atomic E-state index is 2.37. The molecule has 0 saturated heterocycles. The highest BCUT2D eigenvalue weighted by molar-refractivity contribution is 6.21. The molecule has 0 atom stereocenters. The Hall–Kier alpha value is -8.00. The van der Waals surface area contributed by atoms with Crippen molar-refractivity contribution < 1.29 is 0 Å². The van der Waals surface area contributed by atoms with E-state index in [0.29, 0.717) is 0 Å². The van der Waals surface area contributed by atoms with Crippen LogP contribution in [0.2, 0.25) is 0 Å². The highest BCUT2D eigenvalue weighted by atomic mass is 15.1. The molecule has 1 heteroatoms. The summed E-state index contributed by atoms with van der Waals surface area (Å²) in [5.74, 6) is 0. The molecule has 11 aromatic rings. The van der Waals surface area contributed by atoms with Crippen LogP contribution in [0.3, 0.4) is 0 Å². The van der Waals surface area contributed by atoms with Crippen LogP contribution >= 0.6 is 0 Å². The van der Waals surface area contributed by atoms with Gasteiger partial charge in [0.1, 0.15) is 0 Å². The van der Waals surface area contributed by atoms with E-state index in [9.17, 15) is 0 Å². The molecule has 0 radical (unpaired) electrons. The Morgan fingerprint density at radius 3 is 1.05 bits per heavy atom. The van der Waals surface area contributed by atoms with Gasteiger partial charge in [0, 0.05) is 16.8 Å². The second kappa shape index (κ2) is 15.9. The molecule has 0 spiro atoms. The van der Waals surface area contributed by atoms with Gasteiger partial charge in [0.25, 0.3) is 0 Å². The molecule has 0 aliphatic carbocycles. The van der Waals surface area contributed by atoms with Crippen molar-refractivity contribution in [3.8, 4) is 22.3 Å². The molecule has 0 N–H and O–H groups in total. The van der Waals surface area contributed by atoms with Crippen LogP contribution in [-0.4, -0.2) is 0 Å². The van der Waals surface area contributed by atoms with Crippen molar-refractivity contribution in [2.24, 2.45) is 0 Å². The lowest BCUT2D eigenvalue weighted by molar-refractivity contribution is 0.745. The first-order chi connectivity index (χ1) is 30.8. The molecule has 0 saturated carbocycles. The molecular formula is C61H43N. The molecule has 62 heavy (non-hydrogen) atoms. The number of benzene rings is 11. The van der Waals surface area contributed by atoms with Gasteiger partial charge in [-0.15, -0.1) is 0 Å². The number of hydrogen-bond acceptors (Lipinski definition) is 1. The third-order valence-electron chi connectivity index (χ3n) is 12.6. The van der Waals surface area contributed by atoms with E-state index in [1.54, 1.807) is 0 Å². The summed E-state index contributed by atoms with van der Waals surface area (Å²) in [6, 6.07) is 95.1. The van der Waals surface area contributed by atoms with Gasteiger partial charge in [-0.3, -0.25) is 0 Å². The third kappa shape index (κ3) is 6.26. The zero-order valence-electron chi connectivity index (χ0n) is 34.3. The minimum Gasteiger partial charge on any atom is -0.310 e. The van der Waals surface area contributed by atoms with Crippen molar-refractivity contribution in [3.63, 3.8) is 0 Å². The second-order valence-corrected chi connectivity index (χ2v) is 16.0. The Balaban J connectivity index is 1.06. The Labute approximate surface area is 363 Å². The van der Waals surface area contributed by atoms with Crippen LogP contribution < -0.4 is 4.90 Å². The number of hydrogen-bond donors (Lipinski definition) is 0. The van der Waals surface area contributed by atoms with E-state index in [-0.39, 0.29) is 0 Å². The Kier molecular flexibility index (Phi) is 9.48.